The van der Waals surface area contributed by atoms with Crippen molar-refractivity contribution in [2.24, 2.45) is 0 Å². The molecule has 0 saturated carbocycles. The van der Waals surface area contributed by atoms with E-state index in [2.05, 4.69) is 19.0 Å². The van der Waals surface area contributed by atoms with Gasteiger partial charge in [-0.1, -0.05) is 19.1 Å². The highest BCUT2D eigenvalue weighted by Gasteiger charge is 2.25. The van der Waals surface area contributed by atoms with Crippen molar-refractivity contribution in [3.8, 4) is 0 Å². The van der Waals surface area contributed by atoms with Crippen molar-refractivity contribution in [3.05, 3.63) is 29.8 Å². The molecule has 4 heteroatoms. The van der Waals surface area contributed by atoms with Gasteiger partial charge in [0.2, 0.25) is 6.04 Å². The molecule has 0 fully saturated rings. The lowest BCUT2D eigenvalue weighted by Crippen LogP contribution is -2.37. The van der Waals surface area contributed by atoms with Gasteiger partial charge in [-0.3, -0.25) is 4.79 Å². The number of carbonyl (C=O) groups is 2. The molecule has 1 aromatic rings. The molecule has 1 rings (SSSR count). The Kier molecular flexibility index (Phi) is 4.77. The lowest BCUT2D eigenvalue weighted by Gasteiger charge is -2.09. The van der Waals surface area contributed by atoms with Gasteiger partial charge in [-0.2, -0.15) is 4.58 Å². The molecule has 0 heterocycles. The van der Waals surface area contributed by atoms with Crippen LogP contribution in [0.4, 0.5) is 5.69 Å². The first-order valence-electron chi connectivity index (χ1n) is 5.95. The number of hydrogen-bond donors (Lipinski definition) is 1. The molecule has 1 N–H and O–H groups in total. The zero-order chi connectivity index (χ0) is 13.7. The van der Waals surface area contributed by atoms with Crippen LogP contribution in [0.5, 0.6) is 0 Å². The second kappa shape index (κ2) is 6.10. The van der Waals surface area contributed by atoms with E-state index in [9.17, 15) is 9.59 Å². The molecule has 4 nitrogen and oxygen atoms in total. The zero-order valence-electron chi connectivity index (χ0n) is 11.1. The van der Waals surface area contributed by atoms with Crippen molar-refractivity contribution < 1.29 is 14.2 Å². The summed E-state index contributed by atoms with van der Waals surface area (Å²) in [6, 6.07) is 7.05. The third-order valence-corrected chi connectivity index (χ3v) is 2.88. The smallest absolute Gasteiger partial charge is 0.320 e. The fourth-order valence-electron chi connectivity index (χ4n) is 1.48. The van der Waals surface area contributed by atoms with E-state index in [1.54, 1.807) is 6.92 Å². The molecule has 0 aromatic heterocycles. The monoisotopic (exact) mass is 247 g/mol. The van der Waals surface area contributed by atoms with Crippen LogP contribution in [-0.4, -0.2) is 29.1 Å². The zero-order valence-corrected chi connectivity index (χ0v) is 11.1. The summed E-state index contributed by atoms with van der Waals surface area (Å²) in [6.07, 6.45) is 0.960. The van der Waals surface area contributed by atoms with Crippen molar-refractivity contribution in [2.75, 3.05) is 5.32 Å². The van der Waals surface area contributed by atoms with Crippen LogP contribution in [0.1, 0.15) is 26.3 Å². The van der Waals surface area contributed by atoms with Crippen LogP contribution in [0, 0.1) is 0 Å². The van der Waals surface area contributed by atoms with Crippen molar-refractivity contribution in [2.45, 2.75) is 33.2 Å². The minimum Gasteiger partial charge on any atom is -0.320 e. The van der Waals surface area contributed by atoms with Crippen LogP contribution in [0.25, 0.3) is 0 Å². The van der Waals surface area contributed by atoms with Gasteiger partial charge in [-0.15, -0.1) is 0 Å². The van der Waals surface area contributed by atoms with Crippen LogP contribution >= 0.6 is 0 Å². The molecule has 18 heavy (non-hydrogen) atoms. The van der Waals surface area contributed by atoms with Crippen LogP contribution in [0.3, 0.4) is 0 Å². The van der Waals surface area contributed by atoms with Crippen molar-refractivity contribution in [1.29, 1.82) is 0 Å². The Morgan fingerprint density at radius 1 is 1.33 bits per heavy atom. The first kappa shape index (κ1) is 14.1. The average molecular weight is 247 g/mol. The second-order valence-electron chi connectivity index (χ2n) is 4.20. The highest BCUT2D eigenvalue weighted by atomic mass is 16.2. The largest absolute Gasteiger partial charge is 0.383 e. The topological polar surface area (TPSA) is 49.2 Å². The Morgan fingerprint density at radius 2 is 1.89 bits per heavy atom. The van der Waals surface area contributed by atoms with E-state index in [1.165, 1.54) is 12.5 Å². The molecule has 0 saturated heterocycles. The van der Waals surface area contributed by atoms with Crippen molar-refractivity contribution in [3.63, 3.8) is 0 Å². The predicted octanol–water partition coefficient (Wildman–Crippen LogP) is 1.84. The number of aryl methyl sites for hydroxylation is 1. The molecular formula is C14H19N2O2+. The third-order valence-electron chi connectivity index (χ3n) is 2.88. The maximum Gasteiger partial charge on any atom is 0.383 e. The number of amides is 2. The summed E-state index contributed by atoms with van der Waals surface area (Å²) in [5.41, 5.74) is 1.93. The van der Waals surface area contributed by atoms with Crippen LogP contribution in [0.15, 0.2) is 24.3 Å². The molecule has 0 spiro atoms. The molecule has 2 amide bonds. The fourth-order valence-corrected chi connectivity index (χ4v) is 1.48. The number of hydrogen-bond acceptors (Lipinski definition) is 2. The minimum atomic E-state index is -0.589. The molecule has 1 aromatic carbocycles. The normalized spacial score (nSPS) is 11.7. The van der Waals surface area contributed by atoms with Gasteiger partial charge in [-0.05, 0) is 24.1 Å². The molecule has 0 aliphatic heterocycles. The average Bonchev–Trinajstić information content (AvgIpc) is 2.37. The molecule has 1 unspecified atom stereocenters. The van der Waals surface area contributed by atoms with Gasteiger partial charge in [0.25, 0.3) is 5.91 Å². The summed E-state index contributed by atoms with van der Waals surface area (Å²) in [5, 5.41) is 2.76. The molecule has 0 aliphatic carbocycles. The Bertz CT molecular complexity index is 463. The van der Waals surface area contributed by atoms with Gasteiger partial charge in [0.05, 0.1) is 6.92 Å². The van der Waals surface area contributed by atoms with Crippen LogP contribution < -0.4 is 5.32 Å². The van der Waals surface area contributed by atoms with E-state index in [0.29, 0.717) is 0 Å². The quantitative estimate of drug-likeness (QED) is 0.652. The standard InChI is InChI=1S/C14H18N2O2/c1-5-12-6-8-13(9-7-12)15-14(18)10(2)16(4)11(3)17/h6-10H,4-5H2,1-3H3/p+1. The molecule has 0 bridgehead atoms. The molecule has 1 atom stereocenters. The highest BCUT2D eigenvalue weighted by molar-refractivity contribution is 5.94. The van der Waals surface area contributed by atoms with Gasteiger partial charge >= 0.3 is 5.91 Å². The molecule has 0 aliphatic rings. The summed E-state index contributed by atoms with van der Waals surface area (Å²) in [5.74, 6) is -0.483. The Morgan fingerprint density at radius 3 is 2.33 bits per heavy atom. The van der Waals surface area contributed by atoms with E-state index >= 15 is 0 Å². The third kappa shape index (κ3) is 3.52. The minimum absolute atomic E-state index is 0.237. The van der Waals surface area contributed by atoms with Gasteiger partial charge in [0.15, 0.2) is 0 Å². The molecular weight excluding hydrogens is 228 g/mol. The Balaban J connectivity index is 2.69. The van der Waals surface area contributed by atoms with Crippen molar-refractivity contribution >= 4 is 24.2 Å². The van der Waals surface area contributed by atoms with Gasteiger partial charge < -0.3 is 5.32 Å². The summed E-state index contributed by atoms with van der Waals surface area (Å²) in [7, 11) is 0. The fraction of sp³-hybridized carbons (Fsp3) is 0.357. The summed E-state index contributed by atoms with van der Waals surface area (Å²) in [6.45, 7) is 8.65. The van der Waals surface area contributed by atoms with Crippen molar-refractivity contribution in [1.82, 2.24) is 0 Å². The lowest BCUT2D eigenvalue weighted by atomic mass is 10.1. The lowest BCUT2D eigenvalue weighted by molar-refractivity contribution is -0.461. The van der Waals surface area contributed by atoms with Gasteiger partial charge in [0, 0.05) is 12.6 Å². The predicted molar refractivity (Wildman–Crippen MR) is 72.0 cm³/mol. The van der Waals surface area contributed by atoms with Gasteiger partial charge in [0.1, 0.15) is 6.72 Å². The second-order valence-corrected chi connectivity index (χ2v) is 4.20. The van der Waals surface area contributed by atoms with Crippen LogP contribution in [0.2, 0.25) is 0 Å². The molecule has 0 radical (unpaired) electrons. The number of carbonyl (C=O) groups excluding carboxylic acids is 2. The Hall–Kier alpha value is -1.97. The summed E-state index contributed by atoms with van der Waals surface area (Å²) < 4.78 is 1.16. The summed E-state index contributed by atoms with van der Waals surface area (Å²) >= 11 is 0. The number of rotatable bonds is 4. The maximum absolute atomic E-state index is 11.9. The SMILES string of the molecule is C=[N+](C(C)=O)C(C)C(=O)Nc1ccc(CC)cc1. The number of nitrogens with one attached hydrogen (secondary N) is 1. The van der Waals surface area contributed by atoms with Gasteiger partial charge in [-0.25, -0.2) is 4.79 Å². The number of benzene rings is 1. The Labute approximate surface area is 107 Å². The maximum atomic E-state index is 11.9. The molecule has 96 valence electrons. The van der Waals surface area contributed by atoms with Crippen LogP contribution in [-0.2, 0) is 16.0 Å². The summed E-state index contributed by atoms with van der Waals surface area (Å²) in [4.78, 5) is 23.0. The first-order chi connectivity index (χ1) is 8.45. The number of nitrogens with zero attached hydrogens (tertiary/aromatic N) is 1. The van der Waals surface area contributed by atoms with E-state index in [0.717, 1.165) is 16.7 Å². The highest BCUT2D eigenvalue weighted by Crippen LogP contribution is 2.10. The first-order valence-corrected chi connectivity index (χ1v) is 5.95. The van der Waals surface area contributed by atoms with E-state index < -0.39 is 6.04 Å². The number of anilines is 1. The van der Waals surface area contributed by atoms with E-state index in [4.69, 9.17) is 0 Å². The van der Waals surface area contributed by atoms with E-state index in [1.807, 2.05) is 24.3 Å². The van der Waals surface area contributed by atoms with E-state index in [-0.39, 0.29) is 11.8 Å².